The van der Waals surface area contributed by atoms with Crippen LogP contribution in [0.1, 0.15) is 47.1 Å². The second-order valence-electron chi connectivity index (χ2n) is 14.8. The first-order valence-electron chi connectivity index (χ1n) is 16.8. The average Bonchev–Trinajstić information content (AvgIpc) is 3.60. The van der Waals surface area contributed by atoms with Gasteiger partial charge in [0, 0.05) is 45.7 Å². The number of ether oxygens (including phenoxy) is 1. The Balaban J connectivity index is 1.25. The lowest BCUT2D eigenvalue weighted by Crippen LogP contribution is -2.26. The molecule has 8 rings (SSSR count). The molecule has 0 saturated heterocycles. The first-order chi connectivity index (χ1) is 23.5. The van der Waals surface area contributed by atoms with E-state index in [-0.39, 0.29) is 11.0 Å². The van der Waals surface area contributed by atoms with E-state index in [0.29, 0.717) is 0 Å². The predicted octanol–water partition coefficient (Wildman–Crippen LogP) is 12.1. The largest absolute Gasteiger partial charge is 0.457 e. The van der Waals surface area contributed by atoms with Gasteiger partial charge in [0.15, 0.2) is 0 Å². The summed E-state index contributed by atoms with van der Waals surface area (Å²) in [7, 11) is 0. The predicted molar refractivity (Wildman–Crippen MR) is 204 cm³/mol. The van der Waals surface area contributed by atoms with Crippen molar-refractivity contribution in [2.45, 2.75) is 52.5 Å². The maximum Gasteiger partial charge on any atom is 0.137 e. The van der Waals surface area contributed by atoms with E-state index in [2.05, 4.69) is 123 Å². The Morgan fingerprint density at radius 1 is 0.653 bits per heavy atom. The van der Waals surface area contributed by atoms with E-state index in [1.165, 1.54) is 5.56 Å². The van der Waals surface area contributed by atoms with Crippen molar-refractivity contribution in [2.24, 2.45) is 0 Å². The molecule has 8 aromatic rings. The SMILES string of the molecule is CC(C)(C)Nc1ccccc1Nc1cccc(Oc2ccc3c4ccc5oc6ccccc6c5c4n(-c4cc(C(C)(C)C)ccn4)c3c2)c1. The van der Waals surface area contributed by atoms with E-state index in [4.69, 9.17) is 14.1 Å². The third kappa shape index (κ3) is 5.73. The number of para-hydroxylation sites is 3. The highest BCUT2D eigenvalue weighted by molar-refractivity contribution is 6.24. The van der Waals surface area contributed by atoms with Crippen LogP contribution in [0.4, 0.5) is 17.1 Å². The zero-order chi connectivity index (χ0) is 33.9. The Morgan fingerprint density at radius 3 is 2.22 bits per heavy atom. The third-order valence-electron chi connectivity index (χ3n) is 8.87. The molecule has 0 aliphatic rings. The maximum atomic E-state index is 6.58. The number of nitrogens with zero attached hydrogens (tertiary/aromatic N) is 2. The molecule has 0 aliphatic heterocycles. The van der Waals surface area contributed by atoms with Gasteiger partial charge in [0.25, 0.3) is 0 Å². The molecule has 49 heavy (non-hydrogen) atoms. The van der Waals surface area contributed by atoms with Crippen molar-refractivity contribution in [3.05, 3.63) is 127 Å². The fourth-order valence-corrected chi connectivity index (χ4v) is 6.64. The van der Waals surface area contributed by atoms with Crippen molar-refractivity contribution < 1.29 is 9.15 Å². The van der Waals surface area contributed by atoms with Crippen molar-refractivity contribution >= 4 is 60.8 Å². The molecule has 3 heterocycles. The first kappa shape index (κ1) is 30.6. The smallest absolute Gasteiger partial charge is 0.137 e. The molecule has 0 saturated carbocycles. The summed E-state index contributed by atoms with van der Waals surface area (Å²) < 4.78 is 15.2. The van der Waals surface area contributed by atoms with Gasteiger partial charge >= 0.3 is 0 Å². The molecule has 2 N–H and O–H groups in total. The summed E-state index contributed by atoms with van der Waals surface area (Å²) in [5.41, 5.74) is 7.90. The van der Waals surface area contributed by atoms with Gasteiger partial charge in [-0.2, -0.15) is 0 Å². The Bertz CT molecular complexity index is 2510. The molecule has 0 fully saturated rings. The standard InChI is InChI=1S/C43H40N4O2/c1-42(2,3)27-22-23-44-39(24-27)47-36-26-30(18-19-31(36)32-20-21-38-40(41(32)47)33-14-7-10-17-37(33)49-38)48-29-13-11-12-28(25-29)45-34-15-8-9-16-35(34)46-43(4,5)6/h7-26,45-46H,1-6H3. The van der Waals surface area contributed by atoms with E-state index in [1.54, 1.807) is 0 Å². The number of aromatic nitrogens is 2. The number of benzene rings is 5. The van der Waals surface area contributed by atoms with Gasteiger partial charge in [0.2, 0.25) is 0 Å². The second-order valence-corrected chi connectivity index (χ2v) is 14.8. The molecule has 5 aromatic carbocycles. The van der Waals surface area contributed by atoms with Gasteiger partial charge in [-0.15, -0.1) is 0 Å². The van der Waals surface area contributed by atoms with Crippen LogP contribution >= 0.6 is 0 Å². The summed E-state index contributed by atoms with van der Waals surface area (Å²) in [4.78, 5) is 4.94. The summed E-state index contributed by atoms with van der Waals surface area (Å²) in [6.07, 6.45) is 1.91. The third-order valence-corrected chi connectivity index (χ3v) is 8.87. The van der Waals surface area contributed by atoms with Gasteiger partial charge in [-0.1, -0.05) is 57.2 Å². The molecule has 0 radical (unpaired) electrons. The van der Waals surface area contributed by atoms with Crippen LogP contribution in [0, 0.1) is 0 Å². The number of nitrogens with one attached hydrogen (secondary N) is 2. The van der Waals surface area contributed by atoms with Gasteiger partial charge < -0.3 is 19.8 Å². The lowest BCUT2D eigenvalue weighted by atomic mass is 9.88. The van der Waals surface area contributed by atoms with Crippen LogP contribution in [0.15, 0.2) is 126 Å². The van der Waals surface area contributed by atoms with Crippen molar-refractivity contribution in [3.63, 3.8) is 0 Å². The minimum absolute atomic E-state index is 0.0370. The van der Waals surface area contributed by atoms with E-state index >= 15 is 0 Å². The fraction of sp³-hybridized carbons (Fsp3) is 0.186. The highest BCUT2D eigenvalue weighted by Gasteiger charge is 2.22. The fourth-order valence-electron chi connectivity index (χ4n) is 6.64. The lowest BCUT2D eigenvalue weighted by molar-refractivity contribution is 0.483. The Kier molecular flexibility index (Phi) is 7.14. The van der Waals surface area contributed by atoms with Crippen LogP contribution in [0.25, 0.3) is 49.6 Å². The molecule has 0 bridgehead atoms. The van der Waals surface area contributed by atoms with Crippen LogP contribution in [0.3, 0.4) is 0 Å². The van der Waals surface area contributed by atoms with Crippen molar-refractivity contribution in [1.29, 1.82) is 0 Å². The zero-order valence-electron chi connectivity index (χ0n) is 28.8. The number of rotatable bonds is 6. The summed E-state index contributed by atoms with van der Waals surface area (Å²) >= 11 is 0. The monoisotopic (exact) mass is 644 g/mol. The maximum absolute atomic E-state index is 6.58. The second kappa shape index (κ2) is 11.4. The van der Waals surface area contributed by atoms with E-state index in [1.807, 2.05) is 54.7 Å². The molecule has 0 aliphatic carbocycles. The first-order valence-corrected chi connectivity index (χ1v) is 16.8. The molecule has 3 aromatic heterocycles. The molecule has 244 valence electrons. The Morgan fingerprint density at radius 2 is 1.41 bits per heavy atom. The number of hydrogen-bond donors (Lipinski definition) is 2. The number of hydrogen-bond acceptors (Lipinski definition) is 5. The van der Waals surface area contributed by atoms with E-state index in [0.717, 1.165) is 78.1 Å². The van der Waals surface area contributed by atoms with Crippen LogP contribution in [0.5, 0.6) is 11.5 Å². The molecule has 0 spiro atoms. The minimum Gasteiger partial charge on any atom is -0.457 e. The number of fused-ring (bicyclic) bond motifs is 7. The van der Waals surface area contributed by atoms with Crippen molar-refractivity contribution in [3.8, 4) is 17.3 Å². The van der Waals surface area contributed by atoms with Gasteiger partial charge in [-0.05, 0) is 98.5 Å². The highest BCUT2D eigenvalue weighted by Crippen LogP contribution is 2.42. The van der Waals surface area contributed by atoms with Gasteiger partial charge in [-0.3, -0.25) is 4.57 Å². The van der Waals surface area contributed by atoms with Crippen LogP contribution in [0.2, 0.25) is 0 Å². The Labute approximate surface area is 286 Å². The molecule has 6 nitrogen and oxygen atoms in total. The van der Waals surface area contributed by atoms with Crippen LogP contribution < -0.4 is 15.4 Å². The molecule has 6 heteroatoms. The summed E-state index contributed by atoms with van der Waals surface area (Å²) in [5.74, 6) is 2.34. The van der Waals surface area contributed by atoms with E-state index < -0.39 is 0 Å². The number of furan rings is 1. The zero-order valence-corrected chi connectivity index (χ0v) is 28.8. The Hall–Kier alpha value is -5.75. The van der Waals surface area contributed by atoms with Crippen LogP contribution in [-0.4, -0.2) is 15.1 Å². The highest BCUT2D eigenvalue weighted by atomic mass is 16.5. The summed E-state index contributed by atoms with van der Waals surface area (Å²) in [6, 6.07) is 39.5. The lowest BCUT2D eigenvalue weighted by Gasteiger charge is -2.24. The quantitative estimate of drug-likeness (QED) is 0.189. The van der Waals surface area contributed by atoms with Crippen molar-refractivity contribution in [1.82, 2.24) is 9.55 Å². The average molecular weight is 645 g/mol. The normalized spacial score (nSPS) is 12.3. The number of anilines is 3. The topological polar surface area (TPSA) is 64.2 Å². The molecular weight excluding hydrogens is 604 g/mol. The molecule has 0 amide bonds. The summed E-state index contributed by atoms with van der Waals surface area (Å²) in [5, 5.41) is 11.6. The minimum atomic E-state index is -0.0656. The van der Waals surface area contributed by atoms with Crippen LogP contribution in [-0.2, 0) is 5.41 Å². The van der Waals surface area contributed by atoms with Crippen molar-refractivity contribution in [2.75, 3.05) is 10.6 Å². The number of pyridine rings is 1. The molecule has 0 unspecified atom stereocenters. The van der Waals surface area contributed by atoms with Gasteiger partial charge in [-0.25, -0.2) is 4.98 Å². The van der Waals surface area contributed by atoms with Gasteiger partial charge in [0.05, 0.1) is 27.8 Å². The molecule has 0 atom stereocenters. The van der Waals surface area contributed by atoms with Gasteiger partial charge in [0.1, 0.15) is 28.5 Å². The van der Waals surface area contributed by atoms with E-state index in [9.17, 15) is 0 Å². The molecular formula is C43H40N4O2. The summed E-state index contributed by atoms with van der Waals surface area (Å²) in [6.45, 7) is 13.2.